The summed E-state index contributed by atoms with van der Waals surface area (Å²) in [6, 6.07) is 3.66. The van der Waals surface area contributed by atoms with Gasteiger partial charge in [0, 0.05) is 23.6 Å². The number of benzene rings is 1. The van der Waals surface area contributed by atoms with Crippen LogP contribution in [-0.2, 0) is 10.3 Å². The smallest absolute Gasteiger partial charge is 0.269 e. The van der Waals surface area contributed by atoms with Crippen molar-refractivity contribution in [1.82, 2.24) is 9.97 Å². The van der Waals surface area contributed by atoms with Crippen molar-refractivity contribution in [3.05, 3.63) is 42.0 Å². The first-order valence-electron chi connectivity index (χ1n) is 7.58. The molecule has 0 spiro atoms. The number of halogens is 3. The fourth-order valence-corrected chi connectivity index (χ4v) is 2.63. The monoisotopic (exact) mass is 367 g/mol. The number of hydrogen-bond acceptors (Lipinski definition) is 7. The number of alkyl halides is 2. The highest BCUT2D eigenvalue weighted by Gasteiger charge is 2.46. The minimum Gasteiger partial charge on any atom is -0.478 e. The largest absolute Gasteiger partial charge is 0.478 e. The Labute approximate surface area is 147 Å². The highest BCUT2D eigenvalue weighted by Crippen LogP contribution is 2.38. The molecule has 0 unspecified atom stereocenters. The van der Waals surface area contributed by atoms with Gasteiger partial charge in [0.25, 0.3) is 12.3 Å². The summed E-state index contributed by atoms with van der Waals surface area (Å²) in [6.45, 7) is -0.564. The maximum atomic E-state index is 14.4. The summed E-state index contributed by atoms with van der Waals surface area (Å²) in [6.07, 6.45) is -0.157. The van der Waals surface area contributed by atoms with Crippen molar-refractivity contribution in [2.45, 2.75) is 12.0 Å². The van der Waals surface area contributed by atoms with Crippen LogP contribution >= 0.6 is 0 Å². The van der Waals surface area contributed by atoms with Crippen LogP contribution < -0.4 is 15.8 Å². The molecule has 0 saturated heterocycles. The number of amidine groups is 1. The number of nitrogens with two attached hydrogens (primary N) is 1. The van der Waals surface area contributed by atoms with E-state index < -0.39 is 24.4 Å². The molecule has 1 aliphatic heterocycles. The minimum atomic E-state index is -3.02. The van der Waals surface area contributed by atoms with E-state index in [-0.39, 0.29) is 29.7 Å². The molecule has 138 valence electrons. The fraction of sp³-hybridized carbons (Fsp3) is 0.312. The molecule has 2 aromatic rings. The lowest BCUT2D eigenvalue weighted by Gasteiger charge is -2.33. The van der Waals surface area contributed by atoms with Crippen LogP contribution in [0.15, 0.2) is 35.6 Å². The predicted octanol–water partition coefficient (Wildman–Crippen LogP) is 2.22. The second-order valence-corrected chi connectivity index (χ2v) is 5.55. The van der Waals surface area contributed by atoms with Gasteiger partial charge in [0.1, 0.15) is 18.3 Å². The van der Waals surface area contributed by atoms with Gasteiger partial charge in [0.15, 0.2) is 11.4 Å². The first kappa shape index (κ1) is 17.9. The Morgan fingerprint density at radius 3 is 2.77 bits per heavy atom. The average molecular weight is 367 g/mol. The van der Waals surface area contributed by atoms with Crippen molar-refractivity contribution < 1.29 is 22.6 Å². The Morgan fingerprint density at radius 2 is 2.08 bits per heavy atom. The van der Waals surface area contributed by atoms with Crippen LogP contribution in [0.5, 0.6) is 5.88 Å². The van der Waals surface area contributed by atoms with Crippen molar-refractivity contribution >= 4 is 17.3 Å². The van der Waals surface area contributed by atoms with Crippen molar-refractivity contribution in [2.24, 2.45) is 10.7 Å². The Morgan fingerprint density at radius 1 is 1.31 bits per heavy atom. The van der Waals surface area contributed by atoms with E-state index in [2.05, 4.69) is 20.3 Å². The summed E-state index contributed by atoms with van der Waals surface area (Å²) in [4.78, 5) is 11.9. The minimum absolute atomic E-state index is 0.0785. The molecule has 2 heterocycles. The van der Waals surface area contributed by atoms with Gasteiger partial charge in [-0.3, -0.25) is 4.99 Å². The summed E-state index contributed by atoms with van der Waals surface area (Å²) in [5.41, 5.74) is 3.32. The topological polar surface area (TPSA) is 94.7 Å². The van der Waals surface area contributed by atoms with Gasteiger partial charge in [-0.2, -0.15) is 0 Å². The molecule has 1 atom stereocenters. The molecule has 3 N–H and O–H groups in total. The lowest BCUT2D eigenvalue weighted by molar-refractivity contribution is -0.0145. The Balaban J connectivity index is 2.03. The maximum Gasteiger partial charge on any atom is 0.269 e. The molecule has 1 aromatic carbocycles. The number of methoxy groups -OCH3 is 1. The zero-order valence-electron chi connectivity index (χ0n) is 13.7. The Hall–Kier alpha value is -2.88. The number of ether oxygens (including phenoxy) is 2. The van der Waals surface area contributed by atoms with Gasteiger partial charge < -0.3 is 20.5 Å². The van der Waals surface area contributed by atoms with Gasteiger partial charge in [-0.25, -0.2) is 23.1 Å². The molecule has 10 heteroatoms. The number of nitrogens with one attached hydrogen (secondary N) is 1. The van der Waals surface area contributed by atoms with Crippen LogP contribution in [0.2, 0.25) is 0 Å². The van der Waals surface area contributed by atoms with Crippen LogP contribution in [0, 0.1) is 5.82 Å². The molecule has 0 bridgehead atoms. The van der Waals surface area contributed by atoms with Gasteiger partial charge in [-0.1, -0.05) is 0 Å². The van der Waals surface area contributed by atoms with E-state index in [0.717, 1.165) is 6.07 Å². The summed E-state index contributed by atoms with van der Waals surface area (Å²) in [5.74, 6) is -0.513. The van der Waals surface area contributed by atoms with Crippen molar-refractivity contribution in [3.8, 4) is 5.88 Å². The molecule has 0 amide bonds. The number of aliphatic imine (C=N–C) groups is 1. The molecule has 26 heavy (non-hydrogen) atoms. The molecular weight excluding hydrogens is 351 g/mol. The van der Waals surface area contributed by atoms with Crippen molar-refractivity contribution in [1.29, 1.82) is 0 Å². The lowest BCUT2D eigenvalue weighted by atomic mass is 9.90. The number of rotatable bonds is 5. The quantitative estimate of drug-likeness (QED) is 0.842. The molecule has 0 fully saturated rings. The molecule has 0 saturated carbocycles. The van der Waals surface area contributed by atoms with Crippen LogP contribution in [0.1, 0.15) is 5.56 Å². The van der Waals surface area contributed by atoms with Crippen LogP contribution in [0.4, 0.5) is 24.7 Å². The number of aromatic nitrogens is 2. The van der Waals surface area contributed by atoms with Crippen LogP contribution in [0.25, 0.3) is 0 Å². The molecule has 1 aliphatic rings. The van der Waals surface area contributed by atoms with E-state index in [0.29, 0.717) is 5.69 Å². The standard InChI is InChI=1S/C16H16F3N5O2/c1-25-14-13(21-4-5-22-14)23-9-2-3-11(17)10(6-9)16(15(18)19)8-26-7-12(20)24-16/h2-6,15H,7-8H2,1H3,(H2,20,24)(H,21,23)/t16-/m0/s1. The predicted molar refractivity (Wildman–Crippen MR) is 88.4 cm³/mol. The molecule has 7 nitrogen and oxygen atoms in total. The third kappa shape index (κ3) is 3.27. The van der Waals surface area contributed by atoms with Crippen LogP contribution in [0.3, 0.4) is 0 Å². The number of nitrogens with zero attached hydrogens (tertiary/aromatic N) is 3. The van der Waals surface area contributed by atoms with E-state index in [1.807, 2.05) is 0 Å². The fourth-order valence-electron chi connectivity index (χ4n) is 2.63. The molecule has 3 rings (SSSR count). The van der Waals surface area contributed by atoms with Gasteiger partial charge in [0.2, 0.25) is 0 Å². The average Bonchev–Trinajstić information content (AvgIpc) is 2.63. The van der Waals surface area contributed by atoms with Gasteiger partial charge >= 0.3 is 0 Å². The summed E-state index contributed by atoms with van der Waals surface area (Å²) in [7, 11) is 1.41. The molecule has 0 radical (unpaired) electrons. The van der Waals surface area contributed by atoms with E-state index in [1.54, 1.807) is 0 Å². The van der Waals surface area contributed by atoms with E-state index in [9.17, 15) is 13.2 Å². The third-order valence-corrected chi connectivity index (χ3v) is 3.83. The van der Waals surface area contributed by atoms with Crippen LogP contribution in [-0.4, -0.2) is 42.6 Å². The van der Waals surface area contributed by atoms with Crippen molar-refractivity contribution in [3.63, 3.8) is 0 Å². The zero-order valence-corrected chi connectivity index (χ0v) is 13.7. The first-order valence-corrected chi connectivity index (χ1v) is 7.58. The second kappa shape index (κ2) is 7.16. The van der Waals surface area contributed by atoms with Gasteiger partial charge in [0.05, 0.1) is 13.7 Å². The summed E-state index contributed by atoms with van der Waals surface area (Å²) >= 11 is 0. The van der Waals surface area contributed by atoms with E-state index in [1.165, 1.54) is 31.6 Å². The summed E-state index contributed by atoms with van der Waals surface area (Å²) < 4.78 is 52.2. The molecule has 0 aliphatic carbocycles. The van der Waals surface area contributed by atoms with Crippen molar-refractivity contribution in [2.75, 3.05) is 25.6 Å². The first-order chi connectivity index (χ1) is 12.5. The number of anilines is 2. The summed E-state index contributed by atoms with van der Waals surface area (Å²) in [5, 5.41) is 2.87. The Kier molecular flexibility index (Phi) is 4.94. The lowest BCUT2D eigenvalue weighted by Crippen LogP contribution is -2.45. The second-order valence-electron chi connectivity index (χ2n) is 5.55. The normalized spacial score (nSPS) is 20.0. The third-order valence-electron chi connectivity index (χ3n) is 3.83. The number of hydrogen-bond donors (Lipinski definition) is 2. The van der Waals surface area contributed by atoms with Gasteiger partial charge in [-0.15, -0.1) is 0 Å². The molecular formula is C16H16F3N5O2. The highest BCUT2D eigenvalue weighted by atomic mass is 19.3. The van der Waals surface area contributed by atoms with Gasteiger partial charge in [-0.05, 0) is 18.2 Å². The van der Waals surface area contributed by atoms with E-state index >= 15 is 0 Å². The Bertz CT molecular complexity index is 833. The molecule has 1 aromatic heterocycles. The SMILES string of the molecule is COc1nccnc1Nc1ccc(F)c([C@]2(C(F)F)COCC(N)=N2)c1. The van der Waals surface area contributed by atoms with E-state index in [4.69, 9.17) is 15.2 Å². The maximum absolute atomic E-state index is 14.4. The zero-order chi connectivity index (χ0) is 18.7. The highest BCUT2D eigenvalue weighted by molar-refractivity contribution is 5.82.